The van der Waals surface area contributed by atoms with Crippen LogP contribution in [0.2, 0.25) is 0 Å². The van der Waals surface area contributed by atoms with Gasteiger partial charge in [0.2, 0.25) is 0 Å². The molecule has 90 valence electrons. The average Bonchev–Trinajstić information content (AvgIpc) is 2.51. The lowest BCUT2D eigenvalue weighted by Gasteiger charge is -2.17. The van der Waals surface area contributed by atoms with Crippen molar-refractivity contribution < 1.29 is 14.0 Å². The Labute approximate surface area is 99.2 Å². The molecule has 0 spiro atoms. The molecule has 3 nitrogen and oxygen atoms in total. The third kappa shape index (κ3) is 1.84. The highest BCUT2D eigenvalue weighted by Gasteiger charge is 2.36. The van der Waals surface area contributed by atoms with Crippen molar-refractivity contribution in [2.24, 2.45) is 0 Å². The normalized spacial score (nSPS) is 14.4. The van der Waals surface area contributed by atoms with Gasteiger partial charge in [-0.3, -0.25) is 9.59 Å². The molecule has 0 aliphatic carbocycles. The molecule has 1 aromatic carbocycles. The Hall–Kier alpha value is -1.71. The Morgan fingerprint density at radius 2 is 2.00 bits per heavy atom. The van der Waals surface area contributed by atoms with Crippen molar-refractivity contribution in [1.82, 2.24) is 0 Å². The third-order valence-electron chi connectivity index (χ3n) is 2.95. The summed E-state index contributed by atoms with van der Waals surface area (Å²) in [6, 6.07) is 2.50. The number of halogens is 1. The Kier molecular flexibility index (Phi) is 2.96. The van der Waals surface area contributed by atoms with E-state index >= 15 is 0 Å². The topological polar surface area (TPSA) is 37.4 Å². The number of amides is 1. The molecule has 0 unspecified atom stereocenters. The standard InChI is InChI=1S/C13H14FNO2/c1-3-4-5-15-11-8(2)6-9(14)7-10(11)12(16)13(15)17/h6-7H,3-5H2,1-2H3. The van der Waals surface area contributed by atoms with Crippen LogP contribution in [-0.4, -0.2) is 18.2 Å². The van der Waals surface area contributed by atoms with E-state index in [4.69, 9.17) is 0 Å². The molecular formula is C13H14FNO2. The van der Waals surface area contributed by atoms with Crippen LogP contribution in [-0.2, 0) is 4.79 Å². The minimum Gasteiger partial charge on any atom is -0.304 e. The van der Waals surface area contributed by atoms with Gasteiger partial charge in [-0.15, -0.1) is 0 Å². The van der Waals surface area contributed by atoms with Gasteiger partial charge in [-0.05, 0) is 31.0 Å². The second kappa shape index (κ2) is 4.28. The molecule has 1 aromatic rings. The molecule has 0 fully saturated rings. The largest absolute Gasteiger partial charge is 0.304 e. The number of hydrogen-bond donors (Lipinski definition) is 0. The maximum atomic E-state index is 13.2. The molecule has 0 aromatic heterocycles. The highest BCUT2D eigenvalue weighted by atomic mass is 19.1. The van der Waals surface area contributed by atoms with Gasteiger partial charge in [0.05, 0.1) is 11.3 Å². The molecular weight excluding hydrogens is 221 g/mol. The summed E-state index contributed by atoms with van der Waals surface area (Å²) in [5.74, 6) is -1.61. The first-order valence-corrected chi connectivity index (χ1v) is 5.72. The summed E-state index contributed by atoms with van der Waals surface area (Å²) in [5.41, 5.74) is 1.41. The number of anilines is 1. The lowest BCUT2D eigenvalue weighted by Crippen LogP contribution is -2.30. The highest BCUT2D eigenvalue weighted by Crippen LogP contribution is 2.33. The van der Waals surface area contributed by atoms with Crippen LogP contribution in [0.15, 0.2) is 12.1 Å². The van der Waals surface area contributed by atoms with Crippen molar-refractivity contribution in [1.29, 1.82) is 0 Å². The highest BCUT2D eigenvalue weighted by molar-refractivity contribution is 6.52. The van der Waals surface area contributed by atoms with Gasteiger partial charge in [-0.2, -0.15) is 0 Å². The number of Topliss-reactive ketones (excluding diaryl/α,β-unsaturated/α-hetero) is 1. The molecule has 0 atom stereocenters. The van der Waals surface area contributed by atoms with Crippen LogP contribution in [0.1, 0.15) is 35.7 Å². The SMILES string of the molecule is CCCCN1C(=O)C(=O)c2cc(F)cc(C)c21. The Morgan fingerprint density at radius 3 is 2.65 bits per heavy atom. The number of carbonyl (C=O) groups excluding carboxylic acids is 2. The van der Waals surface area contributed by atoms with E-state index in [-0.39, 0.29) is 5.56 Å². The van der Waals surface area contributed by atoms with Crippen molar-refractivity contribution in [3.63, 3.8) is 0 Å². The summed E-state index contributed by atoms with van der Waals surface area (Å²) in [7, 11) is 0. The molecule has 17 heavy (non-hydrogen) atoms. The summed E-state index contributed by atoms with van der Waals surface area (Å²) >= 11 is 0. The quantitative estimate of drug-likeness (QED) is 0.755. The zero-order valence-corrected chi connectivity index (χ0v) is 9.92. The molecule has 1 aliphatic rings. The van der Waals surface area contributed by atoms with Crippen LogP contribution < -0.4 is 4.90 Å². The average molecular weight is 235 g/mol. The minimum absolute atomic E-state index is 0.198. The van der Waals surface area contributed by atoms with Gasteiger partial charge in [-0.1, -0.05) is 13.3 Å². The first-order chi connectivity index (χ1) is 8.06. The minimum atomic E-state index is -0.598. The van der Waals surface area contributed by atoms with E-state index in [1.165, 1.54) is 11.0 Å². The van der Waals surface area contributed by atoms with Gasteiger partial charge in [0.1, 0.15) is 5.82 Å². The second-order valence-electron chi connectivity index (χ2n) is 4.26. The fourth-order valence-corrected chi connectivity index (χ4v) is 2.14. The van der Waals surface area contributed by atoms with Gasteiger partial charge in [0.25, 0.3) is 11.7 Å². The zero-order valence-electron chi connectivity index (χ0n) is 9.92. The van der Waals surface area contributed by atoms with Crippen molar-refractivity contribution in [2.75, 3.05) is 11.4 Å². The van der Waals surface area contributed by atoms with E-state index in [0.29, 0.717) is 17.8 Å². The fraction of sp³-hybridized carbons (Fsp3) is 0.385. The predicted octanol–water partition coefficient (Wildman–Crippen LogP) is 2.46. The van der Waals surface area contributed by atoms with Crippen molar-refractivity contribution in [2.45, 2.75) is 26.7 Å². The van der Waals surface area contributed by atoms with E-state index in [9.17, 15) is 14.0 Å². The number of unbranched alkanes of at least 4 members (excludes halogenated alkanes) is 1. The van der Waals surface area contributed by atoms with E-state index in [1.807, 2.05) is 6.92 Å². The first-order valence-electron chi connectivity index (χ1n) is 5.72. The van der Waals surface area contributed by atoms with Crippen LogP contribution in [0.5, 0.6) is 0 Å². The first kappa shape index (κ1) is 11.8. The van der Waals surface area contributed by atoms with Crippen LogP contribution in [0, 0.1) is 12.7 Å². The van der Waals surface area contributed by atoms with Crippen LogP contribution >= 0.6 is 0 Å². The number of hydrogen-bond acceptors (Lipinski definition) is 2. The van der Waals surface area contributed by atoms with Crippen molar-refractivity contribution in [3.05, 3.63) is 29.1 Å². The molecule has 4 heteroatoms. The molecule has 2 rings (SSSR count). The number of fused-ring (bicyclic) bond motifs is 1. The van der Waals surface area contributed by atoms with Gasteiger partial charge >= 0.3 is 0 Å². The lowest BCUT2D eigenvalue weighted by molar-refractivity contribution is -0.114. The van der Waals surface area contributed by atoms with Gasteiger partial charge in [-0.25, -0.2) is 4.39 Å². The summed E-state index contributed by atoms with van der Waals surface area (Å²) in [5, 5.41) is 0. The van der Waals surface area contributed by atoms with Gasteiger partial charge in [0.15, 0.2) is 0 Å². The molecule has 0 radical (unpaired) electrons. The van der Waals surface area contributed by atoms with E-state index in [2.05, 4.69) is 0 Å². The molecule has 0 N–H and O–H groups in total. The molecule has 0 saturated heterocycles. The van der Waals surface area contributed by atoms with Crippen LogP contribution in [0.4, 0.5) is 10.1 Å². The Bertz CT molecular complexity index is 496. The monoisotopic (exact) mass is 235 g/mol. The van der Waals surface area contributed by atoms with Crippen LogP contribution in [0.3, 0.4) is 0 Å². The van der Waals surface area contributed by atoms with Crippen molar-refractivity contribution >= 4 is 17.4 Å². The van der Waals surface area contributed by atoms with Crippen molar-refractivity contribution in [3.8, 4) is 0 Å². The number of carbonyl (C=O) groups is 2. The molecule has 0 saturated carbocycles. The molecule has 1 heterocycles. The summed E-state index contributed by atoms with van der Waals surface area (Å²) in [4.78, 5) is 25.0. The Balaban J connectivity index is 2.48. The fourth-order valence-electron chi connectivity index (χ4n) is 2.14. The molecule has 1 amide bonds. The number of benzene rings is 1. The van der Waals surface area contributed by atoms with Crippen LogP contribution in [0.25, 0.3) is 0 Å². The molecule has 1 aliphatic heterocycles. The summed E-state index contributed by atoms with van der Waals surface area (Å²) < 4.78 is 13.2. The van der Waals surface area contributed by atoms with Gasteiger partial charge in [0, 0.05) is 6.54 Å². The number of rotatable bonds is 3. The van der Waals surface area contributed by atoms with E-state index in [1.54, 1.807) is 6.92 Å². The van der Waals surface area contributed by atoms with Gasteiger partial charge < -0.3 is 4.90 Å². The smallest absolute Gasteiger partial charge is 0.299 e. The van der Waals surface area contributed by atoms with E-state index < -0.39 is 17.5 Å². The lowest BCUT2D eigenvalue weighted by atomic mass is 10.1. The predicted molar refractivity (Wildman–Crippen MR) is 62.7 cm³/mol. The third-order valence-corrected chi connectivity index (χ3v) is 2.95. The number of aryl methyl sites for hydroxylation is 1. The maximum Gasteiger partial charge on any atom is 0.299 e. The summed E-state index contributed by atoms with van der Waals surface area (Å²) in [6.07, 6.45) is 1.77. The maximum absolute atomic E-state index is 13.2. The number of nitrogens with zero attached hydrogens (tertiary/aromatic N) is 1. The van der Waals surface area contributed by atoms with E-state index in [0.717, 1.165) is 18.9 Å². The summed E-state index contributed by atoms with van der Waals surface area (Å²) in [6.45, 7) is 4.24. The Morgan fingerprint density at radius 1 is 1.29 bits per heavy atom. The zero-order chi connectivity index (χ0) is 12.6. The number of ketones is 1. The second-order valence-corrected chi connectivity index (χ2v) is 4.26. The molecule has 0 bridgehead atoms.